The molecule has 154 valence electrons. The van der Waals surface area contributed by atoms with Crippen molar-refractivity contribution in [3.8, 4) is 0 Å². The van der Waals surface area contributed by atoms with E-state index in [4.69, 9.17) is 16.8 Å². The number of hydroxylamine groups is 1. The van der Waals surface area contributed by atoms with Crippen molar-refractivity contribution < 1.29 is 10.0 Å². The summed E-state index contributed by atoms with van der Waals surface area (Å²) in [5.41, 5.74) is 5.14. The van der Waals surface area contributed by atoms with Gasteiger partial charge in [-0.3, -0.25) is 10.0 Å². The van der Waals surface area contributed by atoms with Crippen LogP contribution >= 0.6 is 11.6 Å². The van der Waals surface area contributed by atoms with Crippen molar-refractivity contribution in [3.05, 3.63) is 41.4 Å². The Morgan fingerprint density at radius 1 is 1.10 bits per heavy atom. The highest BCUT2D eigenvalue weighted by atomic mass is 35.5. The molecule has 2 heterocycles. The van der Waals surface area contributed by atoms with Crippen LogP contribution in [0.3, 0.4) is 0 Å². The van der Waals surface area contributed by atoms with Crippen LogP contribution in [-0.4, -0.2) is 30.6 Å². The van der Waals surface area contributed by atoms with Crippen LogP contribution in [0.1, 0.15) is 44.1 Å². The first kappa shape index (κ1) is 21.0. The van der Waals surface area contributed by atoms with Crippen molar-refractivity contribution in [2.45, 2.75) is 52.0 Å². The lowest BCUT2D eigenvalue weighted by Gasteiger charge is -2.08. The van der Waals surface area contributed by atoms with Gasteiger partial charge in [0.15, 0.2) is 17.0 Å². The van der Waals surface area contributed by atoms with Gasteiger partial charge in [-0.15, -0.1) is 0 Å². The number of hydrogen-bond donors (Lipinski definition) is 3. The third kappa shape index (κ3) is 5.88. The zero-order valence-corrected chi connectivity index (χ0v) is 17.1. The summed E-state index contributed by atoms with van der Waals surface area (Å²) >= 11 is 6.15. The fraction of sp³-hybridized carbons (Fsp3) is 0.400. The number of aryl methyl sites for hydroxylation is 2. The number of amides is 1. The molecular weight excluding hydrogens is 392 g/mol. The summed E-state index contributed by atoms with van der Waals surface area (Å²) in [6.07, 6.45) is 6.89. The minimum Gasteiger partial charge on any atom is -0.338 e. The van der Waals surface area contributed by atoms with Crippen LogP contribution in [0.4, 0.5) is 11.5 Å². The maximum Gasteiger partial charge on any atom is 0.243 e. The summed E-state index contributed by atoms with van der Waals surface area (Å²) in [7, 11) is 0. The standard InChI is InChI=1S/C20H25ClN6O2/c1-14-8-10-15(11-9-14)23-18-17-19(25-20(21)24-18)27(13-22-17)12-6-4-2-3-5-7-16(28)26-29/h8-11,13,29H,2-7,12H2,1H3,(H,26,28)(H,23,24,25). The predicted molar refractivity (Wildman–Crippen MR) is 112 cm³/mol. The van der Waals surface area contributed by atoms with Gasteiger partial charge in [0.2, 0.25) is 11.2 Å². The van der Waals surface area contributed by atoms with Crippen LogP contribution in [0.25, 0.3) is 11.2 Å². The Balaban J connectivity index is 1.58. The molecule has 3 N–H and O–H groups in total. The van der Waals surface area contributed by atoms with E-state index < -0.39 is 0 Å². The summed E-state index contributed by atoms with van der Waals surface area (Å²) in [4.78, 5) is 24.1. The molecular formula is C20H25ClN6O2. The van der Waals surface area contributed by atoms with Crippen molar-refractivity contribution in [1.29, 1.82) is 0 Å². The SMILES string of the molecule is Cc1ccc(Nc2nc(Cl)nc3c2ncn3CCCCCCCC(=O)NO)cc1. The molecule has 0 aliphatic carbocycles. The van der Waals surface area contributed by atoms with Gasteiger partial charge in [-0.1, -0.05) is 37.0 Å². The average molecular weight is 417 g/mol. The molecule has 3 rings (SSSR count). The third-order valence-electron chi connectivity index (χ3n) is 4.68. The van der Waals surface area contributed by atoms with Gasteiger partial charge >= 0.3 is 0 Å². The number of hydrogen-bond acceptors (Lipinski definition) is 6. The topological polar surface area (TPSA) is 105 Å². The second-order valence-electron chi connectivity index (χ2n) is 7.00. The molecule has 0 aliphatic rings. The van der Waals surface area contributed by atoms with Crippen molar-refractivity contribution in [2.24, 2.45) is 0 Å². The molecule has 1 aromatic carbocycles. The highest BCUT2D eigenvalue weighted by molar-refractivity contribution is 6.28. The number of halogens is 1. The summed E-state index contributed by atoms with van der Waals surface area (Å²) in [6.45, 7) is 2.82. The smallest absolute Gasteiger partial charge is 0.243 e. The van der Waals surface area contributed by atoms with Crippen LogP contribution in [0, 0.1) is 6.92 Å². The number of nitrogens with zero attached hydrogens (tertiary/aromatic N) is 4. The van der Waals surface area contributed by atoms with Crippen LogP contribution in [0.2, 0.25) is 5.28 Å². The van der Waals surface area contributed by atoms with Crippen molar-refractivity contribution >= 4 is 40.2 Å². The predicted octanol–water partition coefficient (Wildman–Crippen LogP) is 4.38. The maximum atomic E-state index is 11.0. The Morgan fingerprint density at radius 2 is 1.83 bits per heavy atom. The highest BCUT2D eigenvalue weighted by Crippen LogP contribution is 2.24. The van der Waals surface area contributed by atoms with Gasteiger partial charge in [0.1, 0.15) is 0 Å². The Bertz CT molecular complexity index is 958. The zero-order chi connectivity index (χ0) is 20.6. The van der Waals surface area contributed by atoms with Crippen molar-refractivity contribution in [1.82, 2.24) is 25.0 Å². The lowest BCUT2D eigenvalue weighted by Crippen LogP contribution is -2.17. The summed E-state index contributed by atoms with van der Waals surface area (Å²) in [5.74, 6) is 0.256. The van der Waals surface area contributed by atoms with Crippen molar-refractivity contribution in [3.63, 3.8) is 0 Å². The van der Waals surface area contributed by atoms with E-state index in [0.29, 0.717) is 23.4 Å². The monoisotopic (exact) mass is 416 g/mol. The molecule has 1 amide bonds. The summed E-state index contributed by atoms with van der Waals surface area (Å²) in [6, 6.07) is 8.02. The quantitative estimate of drug-likeness (QED) is 0.196. The van der Waals surface area contributed by atoms with Gasteiger partial charge < -0.3 is 9.88 Å². The molecule has 0 saturated heterocycles. The molecule has 0 radical (unpaired) electrons. The molecule has 29 heavy (non-hydrogen) atoms. The minimum absolute atomic E-state index is 0.177. The molecule has 0 atom stereocenters. The van der Waals surface area contributed by atoms with E-state index in [1.165, 1.54) is 5.56 Å². The second-order valence-corrected chi connectivity index (χ2v) is 7.33. The minimum atomic E-state index is -0.332. The highest BCUT2D eigenvalue weighted by Gasteiger charge is 2.13. The number of imidazole rings is 1. The number of rotatable bonds is 10. The first-order chi connectivity index (χ1) is 14.1. The third-order valence-corrected chi connectivity index (χ3v) is 4.85. The molecule has 2 aromatic heterocycles. The number of carbonyl (C=O) groups excluding carboxylic acids is 1. The molecule has 0 aliphatic heterocycles. The fourth-order valence-electron chi connectivity index (χ4n) is 3.10. The number of unbranched alkanes of at least 4 members (excludes halogenated alkanes) is 4. The fourth-order valence-corrected chi connectivity index (χ4v) is 3.26. The van der Waals surface area contributed by atoms with E-state index >= 15 is 0 Å². The molecule has 8 nitrogen and oxygen atoms in total. The van der Waals surface area contributed by atoms with Gasteiger partial charge in [0.05, 0.1) is 6.33 Å². The van der Waals surface area contributed by atoms with Crippen LogP contribution in [0.5, 0.6) is 0 Å². The first-order valence-corrected chi connectivity index (χ1v) is 10.1. The molecule has 0 fully saturated rings. The van der Waals surface area contributed by atoms with E-state index in [2.05, 4.69) is 20.3 Å². The summed E-state index contributed by atoms with van der Waals surface area (Å²) < 4.78 is 1.99. The number of carbonyl (C=O) groups is 1. The Morgan fingerprint density at radius 3 is 2.59 bits per heavy atom. The largest absolute Gasteiger partial charge is 0.338 e. The number of fused-ring (bicyclic) bond motifs is 1. The Labute approximate surface area is 174 Å². The second kappa shape index (κ2) is 10.2. The van der Waals surface area contributed by atoms with E-state index in [1.807, 2.05) is 35.8 Å². The van der Waals surface area contributed by atoms with Gasteiger partial charge in [-0.25, -0.2) is 10.5 Å². The van der Waals surface area contributed by atoms with Crippen molar-refractivity contribution in [2.75, 3.05) is 5.32 Å². The van der Waals surface area contributed by atoms with E-state index in [0.717, 1.165) is 44.3 Å². The lowest BCUT2D eigenvalue weighted by molar-refractivity contribution is -0.129. The number of anilines is 2. The van der Waals surface area contributed by atoms with E-state index in [1.54, 1.807) is 11.8 Å². The Hall–Kier alpha value is -2.71. The van der Waals surface area contributed by atoms with Gasteiger partial charge in [0, 0.05) is 18.7 Å². The Kier molecular flexibility index (Phi) is 7.37. The van der Waals surface area contributed by atoms with Gasteiger partial charge in [0.25, 0.3) is 0 Å². The molecule has 0 bridgehead atoms. The average Bonchev–Trinajstić information content (AvgIpc) is 3.11. The summed E-state index contributed by atoms with van der Waals surface area (Å²) in [5, 5.41) is 11.9. The number of nitrogens with one attached hydrogen (secondary N) is 2. The number of benzene rings is 1. The van der Waals surface area contributed by atoms with E-state index in [-0.39, 0.29) is 11.2 Å². The maximum absolute atomic E-state index is 11.0. The van der Waals surface area contributed by atoms with Crippen LogP contribution < -0.4 is 10.8 Å². The zero-order valence-electron chi connectivity index (χ0n) is 16.4. The first-order valence-electron chi connectivity index (χ1n) is 9.72. The molecule has 9 heteroatoms. The molecule has 0 spiro atoms. The van der Waals surface area contributed by atoms with Gasteiger partial charge in [-0.2, -0.15) is 9.97 Å². The molecule has 3 aromatic rings. The van der Waals surface area contributed by atoms with Crippen LogP contribution in [-0.2, 0) is 11.3 Å². The lowest BCUT2D eigenvalue weighted by atomic mass is 10.1. The van der Waals surface area contributed by atoms with Crippen LogP contribution in [0.15, 0.2) is 30.6 Å². The molecule has 0 saturated carbocycles. The molecule has 0 unspecified atom stereocenters. The number of aromatic nitrogens is 4. The normalized spacial score (nSPS) is 11.0. The van der Waals surface area contributed by atoms with Gasteiger partial charge in [-0.05, 0) is 43.5 Å². The van der Waals surface area contributed by atoms with E-state index in [9.17, 15) is 4.79 Å².